The van der Waals surface area contributed by atoms with Crippen molar-refractivity contribution in [3.8, 4) is 0 Å². The number of aryl methyl sites for hydroxylation is 1. The third-order valence-electron chi connectivity index (χ3n) is 4.04. The number of benzene rings is 2. The molecule has 0 saturated heterocycles. The van der Waals surface area contributed by atoms with Gasteiger partial charge in [-0.15, -0.1) is 0 Å². The van der Waals surface area contributed by atoms with Gasteiger partial charge in [-0.2, -0.15) is 0 Å². The van der Waals surface area contributed by atoms with Gasteiger partial charge in [0, 0.05) is 0 Å². The molecule has 1 aliphatic carbocycles. The molecule has 0 aromatic heterocycles. The fourth-order valence-electron chi connectivity index (χ4n) is 2.71. The minimum Gasteiger partial charge on any atom is -0.302 e. The molecule has 2 aromatic carbocycles. The molecule has 1 fully saturated rings. The van der Waals surface area contributed by atoms with Crippen molar-refractivity contribution in [1.29, 1.82) is 0 Å². The zero-order chi connectivity index (χ0) is 11.9. The number of hydrogen-bond donors (Lipinski definition) is 0. The van der Waals surface area contributed by atoms with E-state index in [9.17, 15) is 4.79 Å². The number of hydrogen-bond acceptors (Lipinski definition) is 1. The van der Waals surface area contributed by atoms with E-state index in [1.54, 1.807) is 0 Å². The molecule has 0 spiro atoms. The molecule has 0 heterocycles. The van der Waals surface area contributed by atoms with Crippen LogP contribution in [-0.4, -0.2) is 6.29 Å². The van der Waals surface area contributed by atoms with Crippen molar-refractivity contribution < 1.29 is 4.79 Å². The molecule has 0 atom stereocenters. The summed E-state index contributed by atoms with van der Waals surface area (Å²) in [6.07, 6.45) is 4.33. The second kappa shape index (κ2) is 3.69. The molecule has 1 heteroatoms. The number of carbonyl (C=O) groups excluding carboxylic acids is 1. The van der Waals surface area contributed by atoms with Crippen molar-refractivity contribution in [2.24, 2.45) is 0 Å². The lowest BCUT2D eigenvalue weighted by molar-refractivity contribution is -0.115. The Kier molecular flexibility index (Phi) is 2.29. The molecule has 3 rings (SSSR count). The first-order valence-corrected chi connectivity index (χ1v) is 6.21. The van der Waals surface area contributed by atoms with Crippen LogP contribution in [0, 0.1) is 6.92 Å². The molecule has 1 nitrogen and oxygen atoms in total. The zero-order valence-electron chi connectivity index (χ0n) is 10.1. The first kappa shape index (κ1) is 10.5. The largest absolute Gasteiger partial charge is 0.302 e. The normalized spacial score (nSPS) is 17.7. The Morgan fingerprint density at radius 3 is 2.47 bits per heavy atom. The monoisotopic (exact) mass is 224 g/mol. The number of aldehydes is 1. The summed E-state index contributed by atoms with van der Waals surface area (Å²) in [5.74, 6) is 0. The topological polar surface area (TPSA) is 17.1 Å². The van der Waals surface area contributed by atoms with Crippen LogP contribution < -0.4 is 0 Å². The van der Waals surface area contributed by atoms with Gasteiger partial charge in [-0.1, -0.05) is 48.4 Å². The van der Waals surface area contributed by atoms with Gasteiger partial charge in [-0.25, -0.2) is 0 Å². The molecule has 0 aliphatic heterocycles. The highest BCUT2D eigenvalue weighted by Gasteiger charge is 2.38. The average Bonchev–Trinajstić information content (AvgIpc) is 2.28. The van der Waals surface area contributed by atoms with Crippen LogP contribution >= 0.6 is 0 Å². The van der Waals surface area contributed by atoms with E-state index < -0.39 is 0 Å². The van der Waals surface area contributed by atoms with Crippen LogP contribution in [0.1, 0.15) is 30.4 Å². The molecule has 1 aliphatic rings. The lowest BCUT2D eigenvalue weighted by Gasteiger charge is -2.37. The van der Waals surface area contributed by atoms with Gasteiger partial charge < -0.3 is 4.79 Å². The van der Waals surface area contributed by atoms with Crippen molar-refractivity contribution in [3.63, 3.8) is 0 Å². The SMILES string of the molecule is Cc1ccc2ccc(C3(C=O)CCC3)cc2c1. The Labute approximate surface area is 101 Å². The Morgan fingerprint density at radius 2 is 1.82 bits per heavy atom. The molecule has 0 N–H and O–H groups in total. The predicted octanol–water partition coefficient (Wildman–Crippen LogP) is 3.77. The Bertz CT molecular complexity index is 579. The highest BCUT2D eigenvalue weighted by Crippen LogP contribution is 2.42. The van der Waals surface area contributed by atoms with Gasteiger partial charge in [0.1, 0.15) is 6.29 Å². The van der Waals surface area contributed by atoms with E-state index >= 15 is 0 Å². The van der Waals surface area contributed by atoms with Crippen molar-refractivity contribution in [2.75, 3.05) is 0 Å². The van der Waals surface area contributed by atoms with Gasteiger partial charge in [0.15, 0.2) is 0 Å². The van der Waals surface area contributed by atoms with Crippen LogP contribution in [0.5, 0.6) is 0 Å². The van der Waals surface area contributed by atoms with Crippen LogP contribution in [0.2, 0.25) is 0 Å². The van der Waals surface area contributed by atoms with Gasteiger partial charge in [0.2, 0.25) is 0 Å². The summed E-state index contributed by atoms with van der Waals surface area (Å²) in [5, 5.41) is 2.50. The molecule has 0 bridgehead atoms. The van der Waals surface area contributed by atoms with E-state index in [-0.39, 0.29) is 5.41 Å². The first-order chi connectivity index (χ1) is 8.23. The highest BCUT2D eigenvalue weighted by molar-refractivity contribution is 5.85. The van der Waals surface area contributed by atoms with Crippen LogP contribution in [0.15, 0.2) is 36.4 Å². The van der Waals surface area contributed by atoms with Crippen LogP contribution in [0.4, 0.5) is 0 Å². The summed E-state index contributed by atoms with van der Waals surface area (Å²) in [6, 6.07) is 12.9. The first-order valence-electron chi connectivity index (χ1n) is 6.21. The Morgan fingerprint density at radius 1 is 1.06 bits per heavy atom. The smallest absolute Gasteiger partial charge is 0.130 e. The van der Waals surface area contributed by atoms with E-state index in [0.29, 0.717) is 0 Å². The van der Waals surface area contributed by atoms with E-state index in [1.165, 1.54) is 28.3 Å². The van der Waals surface area contributed by atoms with Crippen LogP contribution in [-0.2, 0) is 10.2 Å². The quantitative estimate of drug-likeness (QED) is 0.710. The molecule has 2 aromatic rings. The fraction of sp³-hybridized carbons (Fsp3) is 0.312. The van der Waals surface area contributed by atoms with E-state index in [0.717, 1.165) is 19.1 Å². The van der Waals surface area contributed by atoms with E-state index in [1.807, 2.05) is 0 Å². The third kappa shape index (κ3) is 1.57. The van der Waals surface area contributed by atoms with Gasteiger partial charge in [-0.05, 0) is 36.1 Å². The maximum absolute atomic E-state index is 11.3. The number of carbonyl (C=O) groups is 1. The minimum atomic E-state index is -0.183. The standard InChI is InChI=1S/C16H16O/c1-12-3-4-13-5-6-15(10-14(13)9-12)16(11-17)7-2-8-16/h3-6,9-11H,2,7-8H2,1H3. The lowest BCUT2D eigenvalue weighted by atomic mass is 9.65. The van der Waals surface area contributed by atoms with E-state index in [2.05, 4.69) is 43.3 Å². The lowest BCUT2D eigenvalue weighted by Crippen LogP contribution is -2.35. The molecule has 0 unspecified atom stereocenters. The third-order valence-corrected chi connectivity index (χ3v) is 4.04. The maximum Gasteiger partial charge on any atom is 0.130 e. The average molecular weight is 224 g/mol. The van der Waals surface area contributed by atoms with Crippen molar-refractivity contribution in [2.45, 2.75) is 31.6 Å². The Balaban J connectivity index is 2.15. The predicted molar refractivity (Wildman–Crippen MR) is 70.3 cm³/mol. The Hall–Kier alpha value is -1.63. The van der Waals surface area contributed by atoms with Crippen molar-refractivity contribution >= 4 is 17.1 Å². The van der Waals surface area contributed by atoms with Crippen molar-refractivity contribution in [3.05, 3.63) is 47.5 Å². The molecule has 0 radical (unpaired) electrons. The second-order valence-corrected chi connectivity index (χ2v) is 5.19. The molecule has 1 saturated carbocycles. The minimum absolute atomic E-state index is 0.183. The van der Waals surface area contributed by atoms with Crippen LogP contribution in [0.25, 0.3) is 10.8 Å². The molecular weight excluding hydrogens is 208 g/mol. The summed E-state index contributed by atoms with van der Waals surface area (Å²) < 4.78 is 0. The fourth-order valence-corrected chi connectivity index (χ4v) is 2.71. The van der Waals surface area contributed by atoms with Crippen LogP contribution in [0.3, 0.4) is 0 Å². The molecule has 0 amide bonds. The summed E-state index contributed by atoms with van der Waals surface area (Å²) in [5.41, 5.74) is 2.28. The summed E-state index contributed by atoms with van der Waals surface area (Å²) in [6.45, 7) is 2.10. The highest BCUT2D eigenvalue weighted by atomic mass is 16.1. The van der Waals surface area contributed by atoms with Gasteiger partial charge in [0.25, 0.3) is 0 Å². The molecular formula is C16H16O. The maximum atomic E-state index is 11.3. The summed E-state index contributed by atoms with van der Waals surface area (Å²) >= 11 is 0. The number of fused-ring (bicyclic) bond motifs is 1. The summed E-state index contributed by atoms with van der Waals surface area (Å²) in [7, 11) is 0. The molecule has 17 heavy (non-hydrogen) atoms. The van der Waals surface area contributed by atoms with Gasteiger partial charge in [0.05, 0.1) is 5.41 Å². The van der Waals surface area contributed by atoms with Crippen molar-refractivity contribution in [1.82, 2.24) is 0 Å². The van der Waals surface area contributed by atoms with Gasteiger partial charge >= 0.3 is 0 Å². The zero-order valence-corrected chi connectivity index (χ0v) is 10.1. The van der Waals surface area contributed by atoms with E-state index in [4.69, 9.17) is 0 Å². The second-order valence-electron chi connectivity index (χ2n) is 5.19. The number of rotatable bonds is 2. The van der Waals surface area contributed by atoms with Gasteiger partial charge in [-0.3, -0.25) is 0 Å². The summed E-state index contributed by atoms with van der Waals surface area (Å²) in [4.78, 5) is 11.3. The molecule has 86 valence electrons.